The monoisotopic (exact) mass is 281 g/mol. The number of tetrazole rings is 1. The van der Waals surface area contributed by atoms with Crippen molar-refractivity contribution < 1.29 is 9.53 Å². The van der Waals surface area contributed by atoms with Crippen molar-refractivity contribution in [2.45, 2.75) is 52.7 Å². The highest BCUT2D eigenvalue weighted by Crippen LogP contribution is 2.20. The lowest BCUT2D eigenvalue weighted by molar-refractivity contribution is 0.0155. The van der Waals surface area contributed by atoms with Crippen LogP contribution in [0.15, 0.2) is 0 Å². The molecule has 1 aromatic rings. The lowest BCUT2D eigenvalue weighted by Crippen LogP contribution is -2.43. The summed E-state index contributed by atoms with van der Waals surface area (Å²) in [5, 5.41) is 11.5. The molecule has 0 aromatic carbocycles. The molecule has 7 nitrogen and oxygen atoms in total. The van der Waals surface area contributed by atoms with Crippen molar-refractivity contribution in [3.8, 4) is 0 Å². The van der Waals surface area contributed by atoms with E-state index in [1.807, 2.05) is 27.7 Å². The summed E-state index contributed by atoms with van der Waals surface area (Å²) in [5.41, 5.74) is -0.448. The van der Waals surface area contributed by atoms with E-state index in [9.17, 15) is 4.79 Å². The first kappa shape index (κ1) is 14.7. The van der Waals surface area contributed by atoms with Crippen LogP contribution in [0.3, 0.4) is 0 Å². The standard InChI is InChI=1S/C13H23N5O2/c1-10-14-15-16-18(10)9-11-6-5-7-17(8-11)12(19)20-13(2,3)4/h11H,5-9H2,1-4H3/t11-/m0/s1. The summed E-state index contributed by atoms with van der Waals surface area (Å²) in [4.78, 5) is 13.9. The molecule has 7 heteroatoms. The second kappa shape index (κ2) is 5.76. The van der Waals surface area contributed by atoms with E-state index in [1.54, 1.807) is 9.58 Å². The lowest BCUT2D eigenvalue weighted by Gasteiger charge is -2.34. The van der Waals surface area contributed by atoms with Crippen LogP contribution in [0.25, 0.3) is 0 Å². The fourth-order valence-electron chi connectivity index (χ4n) is 2.37. The van der Waals surface area contributed by atoms with Crippen LogP contribution in [0.2, 0.25) is 0 Å². The van der Waals surface area contributed by atoms with E-state index < -0.39 is 5.60 Å². The number of aromatic nitrogens is 4. The summed E-state index contributed by atoms with van der Waals surface area (Å²) >= 11 is 0. The molecule has 0 aliphatic carbocycles. The van der Waals surface area contributed by atoms with Gasteiger partial charge in [0, 0.05) is 19.6 Å². The number of carbonyl (C=O) groups excluding carboxylic acids is 1. The van der Waals surface area contributed by atoms with Gasteiger partial charge in [-0.2, -0.15) is 0 Å². The minimum atomic E-state index is -0.448. The Morgan fingerprint density at radius 3 is 2.80 bits per heavy atom. The van der Waals surface area contributed by atoms with E-state index in [-0.39, 0.29) is 6.09 Å². The lowest BCUT2D eigenvalue weighted by atomic mass is 9.98. The summed E-state index contributed by atoms with van der Waals surface area (Å²) < 4.78 is 7.22. The minimum absolute atomic E-state index is 0.226. The van der Waals surface area contributed by atoms with Crippen molar-refractivity contribution >= 4 is 6.09 Å². The van der Waals surface area contributed by atoms with Gasteiger partial charge in [-0.1, -0.05) is 0 Å². The van der Waals surface area contributed by atoms with E-state index in [1.165, 1.54) is 0 Å². The zero-order valence-electron chi connectivity index (χ0n) is 12.7. The summed E-state index contributed by atoms with van der Waals surface area (Å²) in [6, 6.07) is 0. The molecule has 0 saturated carbocycles. The minimum Gasteiger partial charge on any atom is -0.444 e. The molecule has 1 saturated heterocycles. The van der Waals surface area contributed by atoms with Gasteiger partial charge in [-0.05, 0) is 56.9 Å². The van der Waals surface area contributed by atoms with Crippen LogP contribution in [-0.2, 0) is 11.3 Å². The van der Waals surface area contributed by atoms with Gasteiger partial charge in [0.2, 0.25) is 0 Å². The van der Waals surface area contributed by atoms with Crippen LogP contribution in [0, 0.1) is 12.8 Å². The van der Waals surface area contributed by atoms with Crippen molar-refractivity contribution in [1.29, 1.82) is 0 Å². The SMILES string of the molecule is Cc1nnnn1C[C@H]1CCCN(C(=O)OC(C)(C)C)C1. The first-order chi connectivity index (χ1) is 9.35. The van der Waals surface area contributed by atoms with Gasteiger partial charge in [-0.3, -0.25) is 0 Å². The third-order valence-corrected chi connectivity index (χ3v) is 3.31. The molecule has 1 aliphatic rings. The predicted molar refractivity (Wildman–Crippen MR) is 73.1 cm³/mol. The molecule has 0 radical (unpaired) electrons. The maximum atomic E-state index is 12.1. The van der Waals surface area contributed by atoms with Crippen LogP contribution in [0.5, 0.6) is 0 Å². The highest BCUT2D eigenvalue weighted by molar-refractivity contribution is 5.68. The fourth-order valence-corrected chi connectivity index (χ4v) is 2.37. The highest BCUT2D eigenvalue weighted by atomic mass is 16.6. The summed E-state index contributed by atoms with van der Waals surface area (Å²) in [7, 11) is 0. The van der Waals surface area contributed by atoms with E-state index in [0.717, 1.165) is 31.8 Å². The topological polar surface area (TPSA) is 73.1 Å². The van der Waals surface area contributed by atoms with Gasteiger partial charge in [0.25, 0.3) is 0 Å². The van der Waals surface area contributed by atoms with Crippen molar-refractivity contribution in [2.75, 3.05) is 13.1 Å². The second-order valence-electron chi connectivity index (χ2n) is 6.34. The molecule has 20 heavy (non-hydrogen) atoms. The Morgan fingerprint density at radius 1 is 1.45 bits per heavy atom. The molecule has 1 aromatic heterocycles. The van der Waals surface area contributed by atoms with Gasteiger partial charge < -0.3 is 9.64 Å². The number of nitrogens with zero attached hydrogens (tertiary/aromatic N) is 5. The van der Waals surface area contributed by atoms with Crippen molar-refractivity contribution in [2.24, 2.45) is 5.92 Å². The Bertz CT molecular complexity index is 466. The van der Waals surface area contributed by atoms with Gasteiger partial charge >= 0.3 is 6.09 Å². The predicted octanol–water partition coefficient (Wildman–Crippen LogP) is 1.63. The number of aryl methyl sites for hydroxylation is 1. The molecular formula is C13H23N5O2. The molecule has 1 aliphatic heterocycles. The molecule has 0 N–H and O–H groups in total. The highest BCUT2D eigenvalue weighted by Gasteiger charge is 2.28. The van der Waals surface area contributed by atoms with Crippen molar-refractivity contribution in [3.63, 3.8) is 0 Å². The van der Waals surface area contributed by atoms with Gasteiger partial charge in [0.15, 0.2) is 0 Å². The van der Waals surface area contributed by atoms with Gasteiger partial charge in [-0.25, -0.2) is 9.48 Å². The number of likely N-dealkylation sites (tertiary alicyclic amines) is 1. The number of amides is 1. The summed E-state index contributed by atoms with van der Waals surface area (Å²) in [6.45, 7) is 9.76. The maximum absolute atomic E-state index is 12.1. The smallest absolute Gasteiger partial charge is 0.410 e. The molecule has 1 fully saturated rings. The van der Waals surface area contributed by atoms with E-state index in [2.05, 4.69) is 15.5 Å². The first-order valence-electron chi connectivity index (χ1n) is 7.06. The number of hydrogen-bond acceptors (Lipinski definition) is 5. The zero-order valence-corrected chi connectivity index (χ0v) is 12.7. The maximum Gasteiger partial charge on any atom is 0.410 e. The summed E-state index contributed by atoms with van der Waals surface area (Å²) in [5.74, 6) is 1.18. The number of rotatable bonds is 2. The van der Waals surface area contributed by atoms with Gasteiger partial charge in [0.05, 0.1) is 0 Å². The third kappa shape index (κ3) is 3.91. The Morgan fingerprint density at radius 2 is 2.20 bits per heavy atom. The molecule has 112 valence electrons. The van der Waals surface area contributed by atoms with Crippen LogP contribution < -0.4 is 0 Å². The van der Waals surface area contributed by atoms with Crippen molar-refractivity contribution in [3.05, 3.63) is 5.82 Å². The summed E-state index contributed by atoms with van der Waals surface area (Å²) in [6.07, 6.45) is 1.85. The van der Waals surface area contributed by atoms with E-state index in [4.69, 9.17) is 4.74 Å². The Labute approximate surface area is 119 Å². The number of ether oxygens (including phenoxy) is 1. The van der Waals surface area contributed by atoms with Crippen LogP contribution in [0.4, 0.5) is 4.79 Å². The largest absolute Gasteiger partial charge is 0.444 e. The number of hydrogen-bond donors (Lipinski definition) is 0. The Balaban J connectivity index is 1.92. The molecule has 0 spiro atoms. The Hall–Kier alpha value is -1.66. The first-order valence-corrected chi connectivity index (χ1v) is 7.06. The number of carbonyl (C=O) groups is 1. The fraction of sp³-hybridized carbons (Fsp3) is 0.846. The molecule has 2 rings (SSSR count). The molecule has 2 heterocycles. The van der Waals surface area contributed by atoms with Crippen LogP contribution in [-0.4, -0.2) is 49.9 Å². The zero-order chi connectivity index (χ0) is 14.8. The molecule has 1 atom stereocenters. The van der Waals surface area contributed by atoms with Crippen LogP contribution >= 0.6 is 0 Å². The number of piperidine rings is 1. The van der Waals surface area contributed by atoms with E-state index in [0.29, 0.717) is 12.5 Å². The second-order valence-corrected chi connectivity index (χ2v) is 6.34. The molecule has 1 amide bonds. The molecular weight excluding hydrogens is 258 g/mol. The van der Waals surface area contributed by atoms with Gasteiger partial charge in [-0.15, -0.1) is 5.10 Å². The van der Waals surface area contributed by atoms with Crippen molar-refractivity contribution in [1.82, 2.24) is 25.1 Å². The Kier molecular flexibility index (Phi) is 4.25. The van der Waals surface area contributed by atoms with E-state index >= 15 is 0 Å². The quantitative estimate of drug-likeness (QED) is 0.823. The normalized spacial score (nSPS) is 20.0. The third-order valence-electron chi connectivity index (χ3n) is 3.31. The molecule has 0 unspecified atom stereocenters. The van der Waals surface area contributed by atoms with Gasteiger partial charge in [0.1, 0.15) is 11.4 Å². The van der Waals surface area contributed by atoms with Crippen LogP contribution in [0.1, 0.15) is 39.4 Å². The average molecular weight is 281 g/mol. The average Bonchev–Trinajstić information content (AvgIpc) is 2.73. The molecule has 0 bridgehead atoms.